The Balaban J connectivity index is 2.27. The van der Waals surface area contributed by atoms with Crippen LogP contribution in [0.1, 0.15) is 31.4 Å². The molecule has 100 valence electrons. The minimum atomic E-state index is 0.501. The number of nitrogens with zero attached hydrogens (tertiary/aromatic N) is 2. The smallest absolute Gasteiger partial charge is 0.0410 e. The summed E-state index contributed by atoms with van der Waals surface area (Å²) < 4.78 is 1.07. The van der Waals surface area contributed by atoms with Crippen LogP contribution in [0.3, 0.4) is 0 Å². The summed E-state index contributed by atoms with van der Waals surface area (Å²) >= 11 is 3.53. The monoisotopic (exact) mass is 311 g/mol. The summed E-state index contributed by atoms with van der Waals surface area (Å²) in [6, 6.07) is 2.72. The number of hydrogen-bond donors (Lipinski definition) is 1. The van der Waals surface area contributed by atoms with E-state index in [1.165, 1.54) is 24.9 Å². The van der Waals surface area contributed by atoms with Crippen LogP contribution >= 0.6 is 15.9 Å². The predicted octanol–water partition coefficient (Wildman–Crippen LogP) is 2.84. The number of hydrogen-bond acceptors (Lipinski definition) is 3. The number of nitrogens with one attached hydrogen (secondary N) is 1. The summed E-state index contributed by atoms with van der Waals surface area (Å²) in [7, 11) is 2.04. The summed E-state index contributed by atoms with van der Waals surface area (Å²) in [5.41, 5.74) is 1.34. The highest BCUT2D eigenvalue weighted by atomic mass is 79.9. The van der Waals surface area contributed by atoms with Crippen molar-refractivity contribution < 1.29 is 0 Å². The third-order valence-electron chi connectivity index (χ3n) is 3.80. The topological polar surface area (TPSA) is 28.2 Å². The van der Waals surface area contributed by atoms with Crippen LogP contribution in [0.25, 0.3) is 0 Å². The molecule has 0 spiro atoms. The van der Waals surface area contributed by atoms with E-state index in [1.54, 1.807) is 0 Å². The van der Waals surface area contributed by atoms with Crippen LogP contribution in [0.4, 0.5) is 0 Å². The van der Waals surface area contributed by atoms with Crippen LogP contribution in [-0.4, -0.2) is 36.6 Å². The van der Waals surface area contributed by atoms with Gasteiger partial charge in [-0.15, -0.1) is 0 Å². The lowest BCUT2D eigenvalue weighted by Gasteiger charge is -2.41. The first-order valence-electron chi connectivity index (χ1n) is 6.75. The molecule has 1 aromatic rings. The van der Waals surface area contributed by atoms with Crippen LogP contribution < -0.4 is 5.32 Å². The molecular formula is C14H22BrN3. The number of likely N-dealkylation sites (tertiary alicyclic amines) is 1. The van der Waals surface area contributed by atoms with Gasteiger partial charge in [-0.05, 0) is 73.0 Å². The molecule has 0 amide bonds. The minimum Gasteiger partial charge on any atom is -0.319 e. The molecule has 2 atom stereocenters. The van der Waals surface area contributed by atoms with Gasteiger partial charge in [-0.2, -0.15) is 0 Å². The molecule has 0 bridgehead atoms. The van der Waals surface area contributed by atoms with Crippen molar-refractivity contribution in [3.8, 4) is 0 Å². The second-order valence-electron chi connectivity index (χ2n) is 4.97. The van der Waals surface area contributed by atoms with Crippen molar-refractivity contribution in [2.75, 3.05) is 26.7 Å². The van der Waals surface area contributed by atoms with Crippen molar-refractivity contribution in [2.24, 2.45) is 5.92 Å². The maximum absolute atomic E-state index is 4.33. The van der Waals surface area contributed by atoms with Gasteiger partial charge >= 0.3 is 0 Å². The SMILES string of the molecule is CCN1CCCC(CNC)C1c1cncc(Br)c1. The number of piperidine rings is 1. The Morgan fingerprint density at radius 1 is 1.50 bits per heavy atom. The van der Waals surface area contributed by atoms with Crippen LogP contribution in [0.15, 0.2) is 22.9 Å². The normalized spacial score (nSPS) is 25.3. The van der Waals surface area contributed by atoms with Crippen LogP contribution in [0.2, 0.25) is 0 Å². The lowest BCUT2D eigenvalue weighted by atomic mass is 9.85. The Hall–Kier alpha value is -0.450. The van der Waals surface area contributed by atoms with Gasteiger partial charge in [0.05, 0.1) is 0 Å². The zero-order valence-corrected chi connectivity index (χ0v) is 12.8. The minimum absolute atomic E-state index is 0.501. The third kappa shape index (κ3) is 3.11. The molecule has 1 aromatic heterocycles. The second kappa shape index (κ2) is 6.64. The standard InChI is InChI=1S/C14H22BrN3/c1-3-18-6-4-5-11(8-16-2)14(18)12-7-13(15)10-17-9-12/h7,9-11,14,16H,3-6,8H2,1-2H3. The third-order valence-corrected chi connectivity index (χ3v) is 4.23. The molecule has 0 saturated carbocycles. The Kier molecular flexibility index (Phi) is 5.15. The lowest BCUT2D eigenvalue weighted by Crippen LogP contribution is -2.42. The number of aromatic nitrogens is 1. The fourth-order valence-electron chi connectivity index (χ4n) is 3.06. The van der Waals surface area contributed by atoms with E-state index < -0.39 is 0 Å². The molecule has 1 N–H and O–H groups in total. The molecule has 0 aliphatic carbocycles. The van der Waals surface area contributed by atoms with Crippen LogP contribution in [0, 0.1) is 5.92 Å². The van der Waals surface area contributed by atoms with Crippen molar-refractivity contribution in [1.82, 2.24) is 15.2 Å². The first-order valence-corrected chi connectivity index (χ1v) is 7.54. The van der Waals surface area contributed by atoms with E-state index >= 15 is 0 Å². The molecule has 2 rings (SSSR count). The Labute approximate surface area is 118 Å². The fraction of sp³-hybridized carbons (Fsp3) is 0.643. The van der Waals surface area contributed by atoms with Gasteiger partial charge < -0.3 is 5.32 Å². The van der Waals surface area contributed by atoms with E-state index in [-0.39, 0.29) is 0 Å². The quantitative estimate of drug-likeness (QED) is 0.927. The van der Waals surface area contributed by atoms with Gasteiger partial charge in [0.25, 0.3) is 0 Å². The van der Waals surface area contributed by atoms with E-state index in [9.17, 15) is 0 Å². The fourth-order valence-corrected chi connectivity index (χ4v) is 3.44. The van der Waals surface area contributed by atoms with E-state index in [1.807, 2.05) is 19.4 Å². The molecule has 2 unspecified atom stereocenters. The first-order chi connectivity index (χ1) is 8.76. The van der Waals surface area contributed by atoms with Crippen molar-refractivity contribution in [1.29, 1.82) is 0 Å². The van der Waals surface area contributed by atoms with Gasteiger partial charge in [0.1, 0.15) is 0 Å². The van der Waals surface area contributed by atoms with E-state index in [2.05, 4.69) is 44.1 Å². The molecule has 1 aliphatic rings. The summed E-state index contributed by atoms with van der Waals surface area (Å²) in [6.45, 7) is 5.64. The lowest BCUT2D eigenvalue weighted by molar-refractivity contribution is 0.0979. The van der Waals surface area contributed by atoms with Crippen molar-refractivity contribution >= 4 is 15.9 Å². The van der Waals surface area contributed by atoms with Gasteiger partial charge in [-0.3, -0.25) is 9.88 Å². The average Bonchev–Trinajstić information content (AvgIpc) is 2.38. The molecule has 0 aromatic carbocycles. The highest BCUT2D eigenvalue weighted by molar-refractivity contribution is 9.10. The first kappa shape index (κ1) is 14.0. The van der Waals surface area contributed by atoms with Gasteiger partial charge in [0.15, 0.2) is 0 Å². The van der Waals surface area contributed by atoms with Crippen LogP contribution in [-0.2, 0) is 0 Å². The summed E-state index contributed by atoms with van der Waals surface area (Å²) in [5, 5.41) is 3.34. The zero-order chi connectivity index (χ0) is 13.0. The Bertz CT molecular complexity index is 381. The van der Waals surface area contributed by atoms with Gasteiger partial charge in [0, 0.05) is 22.9 Å². The van der Waals surface area contributed by atoms with Crippen molar-refractivity contribution in [3.05, 3.63) is 28.5 Å². The molecule has 1 saturated heterocycles. The zero-order valence-electron chi connectivity index (χ0n) is 11.2. The summed E-state index contributed by atoms with van der Waals surface area (Å²) in [4.78, 5) is 6.91. The molecule has 2 heterocycles. The van der Waals surface area contributed by atoms with E-state index in [4.69, 9.17) is 0 Å². The van der Waals surface area contributed by atoms with Gasteiger partial charge in [-0.1, -0.05) is 6.92 Å². The van der Waals surface area contributed by atoms with E-state index in [0.717, 1.165) is 17.6 Å². The number of rotatable bonds is 4. The van der Waals surface area contributed by atoms with E-state index in [0.29, 0.717) is 12.0 Å². The van der Waals surface area contributed by atoms with Crippen molar-refractivity contribution in [2.45, 2.75) is 25.8 Å². The maximum atomic E-state index is 4.33. The predicted molar refractivity (Wildman–Crippen MR) is 78.6 cm³/mol. The summed E-state index contributed by atoms with van der Waals surface area (Å²) in [5.74, 6) is 0.680. The van der Waals surface area contributed by atoms with Gasteiger partial charge in [0.2, 0.25) is 0 Å². The van der Waals surface area contributed by atoms with Crippen molar-refractivity contribution in [3.63, 3.8) is 0 Å². The molecule has 4 heteroatoms. The number of halogens is 1. The molecule has 0 radical (unpaired) electrons. The highest BCUT2D eigenvalue weighted by Gasteiger charge is 2.31. The Morgan fingerprint density at radius 2 is 2.33 bits per heavy atom. The second-order valence-corrected chi connectivity index (χ2v) is 5.89. The summed E-state index contributed by atoms with van der Waals surface area (Å²) in [6.07, 6.45) is 6.48. The van der Waals surface area contributed by atoms with Crippen LogP contribution in [0.5, 0.6) is 0 Å². The highest BCUT2D eigenvalue weighted by Crippen LogP contribution is 2.35. The maximum Gasteiger partial charge on any atom is 0.0410 e. The number of pyridine rings is 1. The molecule has 18 heavy (non-hydrogen) atoms. The molecule has 3 nitrogen and oxygen atoms in total. The van der Waals surface area contributed by atoms with Gasteiger partial charge in [-0.25, -0.2) is 0 Å². The molecule has 1 fully saturated rings. The molecular weight excluding hydrogens is 290 g/mol. The molecule has 1 aliphatic heterocycles. The largest absolute Gasteiger partial charge is 0.319 e. The average molecular weight is 312 g/mol. The Morgan fingerprint density at radius 3 is 3.00 bits per heavy atom.